The van der Waals surface area contributed by atoms with Gasteiger partial charge in [0.05, 0.1) is 5.56 Å². The first-order valence-corrected chi connectivity index (χ1v) is 10.4. The minimum Gasteiger partial charge on any atom is -0.166 e. The molecule has 0 spiro atoms. The molecule has 3 aromatic carbocycles. The van der Waals surface area contributed by atoms with Crippen molar-refractivity contribution in [3.63, 3.8) is 0 Å². The fraction of sp³-hybridized carbons (Fsp3) is 0.217. The summed E-state index contributed by atoms with van der Waals surface area (Å²) in [4.78, 5) is 1.41. The van der Waals surface area contributed by atoms with Gasteiger partial charge in [0.1, 0.15) is 0 Å². The van der Waals surface area contributed by atoms with E-state index in [1.54, 1.807) is 11.1 Å². The Bertz CT molecular complexity index is 907. The Hall–Kier alpha value is -1.91. The van der Waals surface area contributed by atoms with E-state index < -0.39 is 11.7 Å². The minimum absolute atomic E-state index is 0.0971. The topological polar surface area (TPSA) is 0 Å². The van der Waals surface area contributed by atoms with Gasteiger partial charge >= 0.3 is 6.18 Å². The molecular formula is C23H20ClF3S. The standard InChI is InChI=1S/C16H16S.C7H4ClF3/c1-2-5-13(6-3-1)12-17-16-10-9-14-7-4-8-15(14)11-16;8-6-3-1-2-5(4-6)7(9,10)11/h1-3,5-6,9-11H,4,7-8,12H2;1-4H. The van der Waals surface area contributed by atoms with Crippen molar-refractivity contribution < 1.29 is 13.2 Å². The van der Waals surface area contributed by atoms with E-state index in [1.165, 1.54) is 41.9 Å². The lowest BCUT2D eigenvalue weighted by atomic mass is 10.1. The molecule has 0 atom stereocenters. The molecular weight excluding hydrogens is 401 g/mol. The summed E-state index contributed by atoms with van der Waals surface area (Å²) in [7, 11) is 0. The lowest BCUT2D eigenvalue weighted by Gasteiger charge is -2.05. The lowest BCUT2D eigenvalue weighted by Crippen LogP contribution is -2.03. The van der Waals surface area contributed by atoms with Gasteiger partial charge in [-0.15, -0.1) is 11.8 Å². The third-order valence-electron chi connectivity index (χ3n) is 4.47. The SMILES string of the molecule is FC(F)(F)c1cccc(Cl)c1.c1ccc(CSc2ccc3c(c2)CCC3)cc1. The number of hydrogen-bond donors (Lipinski definition) is 0. The van der Waals surface area contributed by atoms with Gasteiger partial charge in [0.25, 0.3) is 0 Å². The van der Waals surface area contributed by atoms with Crippen molar-refractivity contribution in [1.82, 2.24) is 0 Å². The van der Waals surface area contributed by atoms with Gasteiger partial charge in [-0.2, -0.15) is 13.2 Å². The molecule has 5 heteroatoms. The van der Waals surface area contributed by atoms with E-state index in [2.05, 4.69) is 48.5 Å². The highest BCUT2D eigenvalue weighted by molar-refractivity contribution is 7.98. The zero-order valence-electron chi connectivity index (χ0n) is 15.2. The van der Waals surface area contributed by atoms with Crippen LogP contribution in [0.3, 0.4) is 0 Å². The first kappa shape index (κ1) is 20.8. The molecule has 0 fully saturated rings. The molecule has 0 amide bonds. The van der Waals surface area contributed by atoms with Crippen molar-refractivity contribution >= 4 is 23.4 Å². The maximum atomic E-state index is 11.9. The molecule has 0 heterocycles. The Labute approximate surface area is 172 Å². The average Bonchev–Trinajstić information content (AvgIpc) is 3.15. The quantitative estimate of drug-likeness (QED) is 0.389. The van der Waals surface area contributed by atoms with Gasteiger partial charge in [0.2, 0.25) is 0 Å². The largest absolute Gasteiger partial charge is 0.416 e. The fourth-order valence-corrected chi connectivity index (χ4v) is 4.15. The molecule has 0 bridgehead atoms. The highest BCUT2D eigenvalue weighted by atomic mass is 35.5. The zero-order valence-corrected chi connectivity index (χ0v) is 16.7. The Morgan fingerprint density at radius 3 is 2.25 bits per heavy atom. The summed E-state index contributed by atoms with van der Waals surface area (Å²) in [5, 5.41) is 0.0971. The van der Waals surface area contributed by atoms with Crippen LogP contribution < -0.4 is 0 Å². The van der Waals surface area contributed by atoms with Crippen LogP contribution in [-0.2, 0) is 24.8 Å². The second kappa shape index (κ2) is 9.53. The summed E-state index contributed by atoms with van der Waals surface area (Å²) in [6.07, 6.45) is -0.416. The molecule has 1 aliphatic carbocycles. The number of alkyl halides is 3. The second-order valence-electron chi connectivity index (χ2n) is 6.57. The number of thioether (sulfide) groups is 1. The molecule has 0 saturated carbocycles. The van der Waals surface area contributed by atoms with Crippen molar-refractivity contribution in [3.8, 4) is 0 Å². The third-order valence-corrected chi connectivity index (χ3v) is 5.77. The van der Waals surface area contributed by atoms with Crippen LogP contribution in [0.25, 0.3) is 0 Å². The summed E-state index contributed by atoms with van der Waals surface area (Å²) >= 11 is 7.29. The van der Waals surface area contributed by atoms with Gasteiger partial charge in [-0.1, -0.05) is 54.1 Å². The number of hydrogen-bond acceptors (Lipinski definition) is 1. The molecule has 0 N–H and O–H groups in total. The molecule has 0 aliphatic heterocycles. The van der Waals surface area contributed by atoms with E-state index in [1.807, 2.05) is 11.8 Å². The van der Waals surface area contributed by atoms with E-state index in [0.717, 1.165) is 17.9 Å². The molecule has 146 valence electrons. The van der Waals surface area contributed by atoms with E-state index in [0.29, 0.717) is 0 Å². The van der Waals surface area contributed by atoms with Gasteiger partial charge < -0.3 is 0 Å². The lowest BCUT2D eigenvalue weighted by molar-refractivity contribution is -0.137. The molecule has 3 aromatic rings. The molecule has 0 nitrogen and oxygen atoms in total. The molecule has 4 rings (SSSR count). The highest BCUT2D eigenvalue weighted by Crippen LogP contribution is 2.30. The van der Waals surface area contributed by atoms with Crippen LogP contribution >= 0.6 is 23.4 Å². The Morgan fingerprint density at radius 1 is 0.821 bits per heavy atom. The van der Waals surface area contributed by atoms with Crippen molar-refractivity contribution in [3.05, 3.63) is 100 Å². The minimum atomic E-state index is -4.30. The summed E-state index contributed by atoms with van der Waals surface area (Å²) in [5.41, 5.74) is 3.82. The molecule has 0 unspecified atom stereocenters. The smallest absolute Gasteiger partial charge is 0.166 e. The fourth-order valence-electron chi connectivity index (χ4n) is 3.04. The van der Waals surface area contributed by atoms with Crippen LogP contribution in [-0.4, -0.2) is 0 Å². The van der Waals surface area contributed by atoms with Crippen molar-refractivity contribution in [1.29, 1.82) is 0 Å². The van der Waals surface area contributed by atoms with Gasteiger partial charge in [0.15, 0.2) is 0 Å². The number of aryl methyl sites for hydroxylation is 2. The van der Waals surface area contributed by atoms with Crippen LogP contribution in [0.5, 0.6) is 0 Å². The van der Waals surface area contributed by atoms with E-state index >= 15 is 0 Å². The Morgan fingerprint density at radius 2 is 1.57 bits per heavy atom. The molecule has 0 radical (unpaired) electrons. The van der Waals surface area contributed by atoms with Crippen LogP contribution in [0.1, 0.15) is 28.7 Å². The van der Waals surface area contributed by atoms with Crippen LogP contribution in [0.15, 0.2) is 77.7 Å². The maximum absolute atomic E-state index is 11.9. The van der Waals surface area contributed by atoms with Crippen LogP contribution in [0.2, 0.25) is 5.02 Å². The maximum Gasteiger partial charge on any atom is 0.416 e. The summed E-state index contributed by atoms with van der Waals surface area (Å²) in [5.74, 6) is 1.07. The third kappa shape index (κ3) is 6.05. The average molecular weight is 421 g/mol. The van der Waals surface area contributed by atoms with E-state index in [9.17, 15) is 13.2 Å². The van der Waals surface area contributed by atoms with Crippen LogP contribution in [0.4, 0.5) is 13.2 Å². The summed E-state index contributed by atoms with van der Waals surface area (Å²) < 4.78 is 35.7. The van der Waals surface area contributed by atoms with Crippen LogP contribution in [0, 0.1) is 0 Å². The van der Waals surface area contributed by atoms with Gasteiger partial charge in [-0.3, -0.25) is 0 Å². The zero-order chi connectivity index (χ0) is 20.0. The van der Waals surface area contributed by atoms with Gasteiger partial charge in [0, 0.05) is 15.7 Å². The second-order valence-corrected chi connectivity index (χ2v) is 8.05. The number of benzene rings is 3. The summed E-state index contributed by atoms with van der Waals surface area (Å²) in [6.45, 7) is 0. The summed E-state index contributed by atoms with van der Waals surface area (Å²) in [6, 6.07) is 22.2. The van der Waals surface area contributed by atoms with Gasteiger partial charge in [-0.25, -0.2) is 0 Å². The molecule has 0 aromatic heterocycles. The predicted molar refractivity (Wildman–Crippen MR) is 111 cm³/mol. The monoisotopic (exact) mass is 420 g/mol. The first-order chi connectivity index (χ1) is 13.4. The number of halogens is 4. The van der Waals surface area contributed by atoms with E-state index in [4.69, 9.17) is 11.6 Å². The first-order valence-electron chi connectivity index (χ1n) is 9.03. The van der Waals surface area contributed by atoms with Gasteiger partial charge in [-0.05, 0) is 66.3 Å². The normalized spacial score (nSPS) is 12.9. The predicted octanol–water partition coefficient (Wildman–Crippen LogP) is 7.83. The van der Waals surface area contributed by atoms with E-state index in [-0.39, 0.29) is 5.02 Å². The Kier molecular flexibility index (Phi) is 7.08. The van der Waals surface area contributed by atoms with Crippen molar-refractivity contribution in [2.75, 3.05) is 0 Å². The number of fused-ring (bicyclic) bond motifs is 1. The van der Waals surface area contributed by atoms with Crippen molar-refractivity contribution in [2.24, 2.45) is 0 Å². The molecule has 28 heavy (non-hydrogen) atoms. The molecule has 1 aliphatic rings. The molecule has 0 saturated heterocycles. The highest BCUT2D eigenvalue weighted by Gasteiger charge is 2.30. The Balaban J connectivity index is 0.000000178. The van der Waals surface area contributed by atoms with Crippen molar-refractivity contribution in [2.45, 2.75) is 36.1 Å². The number of rotatable bonds is 3.